The van der Waals surface area contributed by atoms with E-state index < -0.39 is 6.10 Å². The van der Waals surface area contributed by atoms with Crippen molar-refractivity contribution in [2.75, 3.05) is 20.2 Å². The van der Waals surface area contributed by atoms with Crippen molar-refractivity contribution in [2.24, 2.45) is 0 Å². The Hall–Kier alpha value is -1.71. The molecule has 1 saturated heterocycles. The first-order valence-corrected chi connectivity index (χ1v) is 6.30. The minimum Gasteiger partial charge on any atom is -0.497 e. The van der Waals surface area contributed by atoms with E-state index in [4.69, 9.17) is 9.47 Å². The molecular weight excluding hydrogens is 230 g/mol. The van der Waals surface area contributed by atoms with Gasteiger partial charge in [0.25, 0.3) is 5.91 Å². The van der Waals surface area contributed by atoms with Crippen LogP contribution in [0.4, 0.5) is 0 Å². The highest BCUT2D eigenvalue weighted by Gasteiger charge is 2.24. The predicted octanol–water partition coefficient (Wildman–Crippen LogP) is 2.08. The van der Waals surface area contributed by atoms with E-state index in [1.165, 1.54) is 0 Å². The summed E-state index contributed by atoms with van der Waals surface area (Å²) < 4.78 is 10.8. The van der Waals surface area contributed by atoms with Gasteiger partial charge in [-0.2, -0.15) is 0 Å². The van der Waals surface area contributed by atoms with Crippen LogP contribution in [0.25, 0.3) is 0 Å². The van der Waals surface area contributed by atoms with Gasteiger partial charge >= 0.3 is 0 Å². The number of carbonyl (C=O) groups excluding carboxylic acids is 1. The summed E-state index contributed by atoms with van der Waals surface area (Å²) in [6, 6.07) is 7.31. The standard InChI is InChI=1S/C14H19NO3/c1-11(14(16)15-8-3-4-9-15)18-13-7-5-6-12(10-13)17-2/h5-7,10-11H,3-4,8-9H2,1-2H3/t11-/m0/s1. The van der Waals surface area contributed by atoms with Gasteiger partial charge in [0.2, 0.25) is 0 Å². The highest BCUT2D eigenvalue weighted by molar-refractivity contribution is 5.81. The molecule has 1 heterocycles. The molecule has 0 aliphatic carbocycles. The molecule has 1 amide bonds. The predicted molar refractivity (Wildman–Crippen MR) is 68.9 cm³/mol. The number of hydrogen-bond acceptors (Lipinski definition) is 3. The van der Waals surface area contributed by atoms with Crippen molar-refractivity contribution in [2.45, 2.75) is 25.9 Å². The first kappa shape index (κ1) is 12.7. The van der Waals surface area contributed by atoms with Gasteiger partial charge in [-0.1, -0.05) is 6.07 Å². The Morgan fingerprint density at radius 1 is 1.28 bits per heavy atom. The second kappa shape index (κ2) is 5.76. The van der Waals surface area contributed by atoms with Gasteiger partial charge < -0.3 is 14.4 Å². The minimum absolute atomic E-state index is 0.0651. The van der Waals surface area contributed by atoms with Crippen LogP contribution in [0.15, 0.2) is 24.3 Å². The Labute approximate surface area is 107 Å². The van der Waals surface area contributed by atoms with Crippen molar-refractivity contribution in [3.05, 3.63) is 24.3 Å². The van der Waals surface area contributed by atoms with Gasteiger partial charge in [-0.3, -0.25) is 4.79 Å². The van der Waals surface area contributed by atoms with Crippen LogP contribution in [0.3, 0.4) is 0 Å². The summed E-state index contributed by atoms with van der Waals surface area (Å²) in [6.45, 7) is 3.50. The third-order valence-electron chi connectivity index (χ3n) is 3.12. The highest BCUT2D eigenvalue weighted by atomic mass is 16.5. The SMILES string of the molecule is COc1cccc(O[C@@H](C)C(=O)N2CCCC2)c1. The van der Waals surface area contributed by atoms with Gasteiger partial charge in [-0.25, -0.2) is 0 Å². The molecule has 1 aromatic rings. The summed E-state index contributed by atoms with van der Waals surface area (Å²) in [5.74, 6) is 1.46. The summed E-state index contributed by atoms with van der Waals surface area (Å²) in [6.07, 6.45) is 1.74. The maximum Gasteiger partial charge on any atom is 0.263 e. The molecule has 1 aliphatic rings. The van der Waals surface area contributed by atoms with E-state index in [-0.39, 0.29) is 5.91 Å². The summed E-state index contributed by atoms with van der Waals surface area (Å²) in [5, 5.41) is 0. The largest absolute Gasteiger partial charge is 0.497 e. The Balaban J connectivity index is 1.97. The number of benzene rings is 1. The van der Waals surface area contributed by atoms with E-state index in [1.54, 1.807) is 20.1 Å². The summed E-state index contributed by atoms with van der Waals surface area (Å²) >= 11 is 0. The second-order valence-corrected chi connectivity index (χ2v) is 4.47. The average Bonchev–Trinajstić information content (AvgIpc) is 2.92. The number of nitrogens with zero attached hydrogens (tertiary/aromatic N) is 1. The van der Waals surface area contributed by atoms with Crippen LogP contribution in [-0.4, -0.2) is 37.1 Å². The van der Waals surface area contributed by atoms with Crippen LogP contribution in [-0.2, 0) is 4.79 Å². The third-order valence-corrected chi connectivity index (χ3v) is 3.12. The first-order valence-electron chi connectivity index (χ1n) is 6.30. The Kier molecular flexibility index (Phi) is 4.07. The van der Waals surface area contributed by atoms with Crippen LogP contribution in [0, 0.1) is 0 Å². The lowest BCUT2D eigenvalue weighted by atomic mass is 10.3. The van der Waals surface area contributed by atoms with Crippen LogP contribution < -0.4 is 9.47 Å². The Bertz CT molecular complexity index is 413. The number of rotatable bonds is 4. The van der Waals surface area contributed by atoms with Crippen molar-refractivity contribution in [1.29, 1.82) is 0 Å². The fraction of sp³-hybridized carbons (Fsp3) is 0.500. The number of likely N-dealkylation sites (tertiary alicyclic amines) is 1. The number of methoxy groups -OCH3 is 1. The zero-order chi connectivity index (χ0) is 13.0. The molecule has 1 atom stereocenters. The first-order chi connectivity index (χ1) is 8.70. The molecule has 0 N–H and O–H groups in total. The highest BCUT2D eigenvalue weighted by Crippen LogP contribution is 2.20. The molecule has 0 unspecified atom stereocenters. The maximum absolute atomic E-state index is 12.1. The zero-order valence-corrected chi connectivity index (χ0v) is 10.9. The third kappa shape index (κ3) is 2.94. The molecule has 1 aliphatic heterocycles. The molecule has 18 heavy (non-hydrogen) atoms. The second-order valence-electron chi connectivity index (χ2n) is 4.47. The molecule has 0 aromatic heterocycles. The Morgan fingerprint density at radius 3 is 2.61 bits per heavy atom. The van der Waals surface area contributed by atoms with E-state index in [2.05, 4.69) is 0 Å². The summed E-state index contributed by atoms with van der Waals surface area (Å²) in [4.78, 5) is 13.9. The van der Waals surface area contributed by atoms with Crippen molar-refractivity contribution < 1.29 is 14.3 Å². The smallest absolute Gasteiger partial charge is 0.263 e. The van der Waals surface area contributed by atoms with Crippen molar-refractivity contribution in [1.82, 2.24) is 4.90 Å². The van der Waals surface area contributed by atoms with Crippen molar-refractivity contribution >= 4 is 5.91 Å². The average molecular weight is 249 g/mol. The van der Waals surface area contributed by atoms with Gasteiger partial charge in [-0.15, -0.1) is 0 Å². The fourth-order valence-electron chi connectivity index (χ4n) is 2.12. The lowest BCUT2D eigenvalue weighted by Crippen LogP contribution is -2.38. The normalized spacial score (nSPS) is 16.4. The van der Waals surface area contributed by atoms with E-state index in [1.807, 2.05) is 23.1 Å². The molecule has 4 heteroatoms. The molecule has 0 spiro atoms. The summed E-state index contributed by atoms with van der Waals surface area (Å²) in [7, 11) is 1.61. The fourth-order valence-corrected chi connectivity index (χ4v) is 2.12. The van der Waals surface area contributed by atoms with E-state index in [9.17, 15) is 4.79 Å². The van der Waals surface area contributed by atoms with Gasteiger partial charge in [0.1, 0.15) is 11.5 Å². The molecule has 1 aromatic carbocycles. The van der Waals surface area contributed by atoms with Crippen molar-refractivity contribution in [3.8, 4) is 11.5 Å². The van der Waals surface area contributed by atoms with E-state index >= 15 is 0 Å². The van der Waals surface area contributed by atoms with Gasteiger partial charge in [0.05, 0.1) is 7.11 Å². The van der Waals surface area contributed by atoms with Crippen LogP contribution in [0.1, 0.15) is 19.8 Å². The number of ether oxygens (including phenoxy) is 2. The number of hydrogen-bond donors (Lipinski definition) is 0. The molecule has 0 radical (unpaired) electrons. The van der Waals surface area contributed by atoms with Gasteiger partial charge in [0, 0.05) is 19.2 Å². The number of amides is 1. The molecule has 98 valence electrons. The number of carbonyl (C=O) groups is 1. The topological polar surface area (TPSA) is 38.8 Å². The lowest BCUT2D eigenvalue weighted by Gasteiger charge is -2.21. The quantitative estimate of drug-likeness (QED) is 0.820. The molecule has 4 nitrogen and oxygen atoms in total. The summed E-state index contributed by atoms with van der Waals surface area (Å²) in [5.41, 5.74) is 0. The van der Waals surface area contributed by atoms with E-state index in [0.29, 0.717) is 5.75 Å². The van der Waals surface area contributed by atoms with E-state index in [0.717, 1.165) is 31.7 Å². The molecule has 1 fully saturated rings. The monoisotopic (exact) mass is 249 g/mol. The van der Waals surface area contributed by atoms with Crippen molar-refractivity contribution in [3.63, 3.8) is 0 Å². The molecule has 2 rings (SSSR count). The van der Waals surface area contributed by atoms with Gasteiger partial charge in [0.15, 0.2) is 6.10 Å². The van der Waals surface area contributed by atoms with Gasteiger partial charge in [-0.05, 0) is 31.9 Å². The molecular formula is C14H19NO3. The lowest BCUT2D eigenvalue weighted by molar-refractivity contribution is -0.136. The zero-order valence-electron chi connectivity index (χ0n) is 10.9. The van der Waals surface area contributed by atoms with Crippen LogP contribution in [0.5, 0.6) is 11.5 Å². The molecule has 0 saturated carbocycles. The minimum atomic E-state index is -0.449. The maximum atomic E-state index is 12.1. The van der Waals surface area contributed by atoms with Crippen LogP contribution in [0.2, 0.25) is 0 Å². The molecule has 0 bridgehead atoms. The Morgan fingerprint density at radius 2 is 1.94 bits per heavy atom. The van der Waals surface area contributed by atoms with Crippen LogP contribution >= 0.6 is 0 Å².